The standard InChI is InChI=1S/C19H20N2O3S/c1-23-17-4-2-14(3-5-17)6-8-20-19(22)21-11-18-10-16(13-25-18)15-7-9-24-12-15/h2-5,7,9-10,12-13H,6,8,11H2,1H3,(H2,20,21,22). The summed E-state index contributed by atoms with van der Waals surface area (Å²) >= 11 is 1.62. The maximum Gasteiger partial charge on any atom is 0.315 e. The van der Waals surface area contributed by atoms with Gasteiger partial charge in [0.2, 0.25) is 0 Å². The average Bonchev–Trinajstić information content (AvgIpc) is 3.32. The molecule has 0 bridgehead atoms. The van der Waals surface area contributed by atoms with E-state index in [1.54, 1.807) is 31.0 Å². The van der Waals surface area contributed by atoms with Crippen LogP contribution in [0.4, 0.5) is 4.79 Å². The van der Waals surface area contributed by atoms with Gasteiger partial charge < -0.3 is 19.8 Å². The summed E-state index contributed by atoms with van der Waals surface area (Å²) in [6, 6.07) is 11.7. The average molecular weight is 356 g/mol. The predicted molar refractivity (Wildman–Crippen MR) is 99.0 cm³/mol. The summed E-state index contributed by atoms with van der Waals surface area (Å²) in [5, 5.41) is 7.81. The van der Waals surface area contributed by atoms with Gasteiger partial charge in [-0.15, -0.1) is 11.3 Å². The molecule has 0 fully saturated rings. The first-order valence-electron chi connectivity index (χ1n) is 7.99. The Morgan fingerprint density at radius 1 is 1.16 bits per heavy atom. The summed E-state index contributed by atoms with van der Waals surface area (Å²) in [5.74, 6) is 0.834. The number of carbonyl (C=O) groups excluding carboxylic acids is 1. The Labute approximate surface area is 150 Å². The van der Waals surface area contributed by atoms with E-state index in [1.165, 1.54) is 0 Å². The number of furan rings is 1. The number of hydrogen-bond donors (Lipinski definition) is 2. The van der Waals surface area contributed by atoms with Crippen molar-refractivity contribution >= 4 is 17.4 Å². The molecule has 0 saturated heterocycles. The minimum atomic E-state index is -0.160. The van der Waals surface area contributed by atoms with Gasteiger partial charge in [0, 0.05) is 17.0 Å². The molecule has 3 rings (SSSR count). The fourth-order valence-electron chi connectivity index (χ4n) is 2.40. The van der Waals surface area contributed by atoms with Crippen LogP contribution in [0.15, 0.2) is 58.7 Å². The molecule has 2 aromatic heterocycles. The van der Waals surface area contributed by atoms with E-state index in [-0.39, 0.29) is 6.03 Å². The predicted octanol–water partition coefficient (Wildman–Crippen LogP) is 4.06. The van der Waals surface area contributed by atoms with E-state index in [1.807, 2.05) is 30.3 Å². The second-order valence-corrected chi connectivity index (χ2v) is 6.52. The van der Waals surface area contributed by atoms with Crippen LogP contribution in [0, 0.1) is 0 Å². The number of hydrogen-bond acceptors (Lipinski definition) is 4. The fraction of sp³-hybridized carbons (Fsp3) is 0.211. The van der Waals surface area contributed by atoms with Crippen LogP contribution in [0.25, 0.3) is 11.1 Å². The number of amides is 2. The number of benzene rings is 1. The highest BCUT2D eigenvalue weighted by molar-refractivity contribution is 7.10. The van der Waals surface area contributed by atoms with Gasteiger partial charge in [0.25, 0.3) is 0 Å². The van der Waals surface area contributed by atoms with Crippen molar-refractivity contribution in [2.75, 3.05) is 13.7 Å². The molecule has 3 aromatic rings. The number of ether oxygens (including phenoxy) is 1. The molecule has 0 unspecified atom stereocenters. The molecule has 0 aliphatic rings. The Morgan fingerprint density at radius 3 is 2.72 bits per heavy atom. The van der Waals surface area contributed by atoms with Crippen LogP contribution in [-0.2, 0) is 13.0 Å². The third-order valence-electron chi connectivity index (χ3n) is 3.79. The Morgan fingerprint density at radius 2 is 2.00 bits per heavy atom. The van der Waals surface area contributed by atoms with Crippen molar-refractivity contribution in [3.05, 3.63) is 64.7 Å². The molecule has 2 amide bonds. The highest BCUT2D eigenvalue weighted by atomic mass is 32.1. The summed E-state index contributed by atoms with van der Waals surface area (Å²) in [4.78, 5) is 13.0. The van der Waals surface area contributed by atoms with Crippen molar-refractivity contribution < 1.29 is 13.9 Å². The smallest absolute Gasteiger partial charge is 0.315 e. The van der Waals surface area contributed by atoms with Crippen LogP contribution in [0.1, 0.15) is 10.4 Å². The topological polar surface area (TPSA) is 63.5 Å². The van der Waals surface area contributed by atoms with E-state index in [4.69, 9.17) is 9.15 Å². The molecule has 0 spiro atoms. The van der Waals surface area contributed by atoms with Crippen molar-refractivity contribution in [3.8, 4) is 16.9 Å². The maximum atomic E-state index is 11.9. The summed E-state index contributed by atoms with van der Waals surface area (Å²) in [7, 11) is 1.65. The summed E-state index contributed by atoms with van der Waals surface area (Å²) in [6.07, 6.45) is 4.15. The van der Waals surface area contributed by atoms with E-state index < -0.39 is 0 Å². The lowest BCUT2D eigenvalue weighted by Crippen LogP contribution is -2.36. The third-order valence-corrected chi connectivity index (χ3v) is 4.73. The van der Waals surface area contributed by atoms with E-state index >= 15 is 0 Å². The van der Waals surface area contributed by atoms with Crippen molar-refractivity contribution in [1.82, 2.24) is 10.6 Å². The first-order chi connectivity index (χ1) is 12.2. The van der Waals surface area contributed by atoms with Crippen molar-refractivity contribution in [2.24, 2.45) is 0 Å². The number of nitrogens with one attached hydrogen (secondary N) is 2. The zero-order chi connectivity index (χ0) is 17.5. The SMILES string of the molecule is COc1ccc(CCNC(=O)NCc2cc(-c3ccoc3)cs2)cc1. The van der Waals surface area contributed by atoms with Crippen LogP contribution in [0.3, 0.4) is 0 Å². The number of thiophene rings is 1. The highest BCUT2D eigenvalue weighted by Crippen LogP contribution is 2.25. The van der Waals surface area contributed by atoms with Crippen LogP contribution in [-0.4, -0.2) is 19.7 Å². The Bertz CT molecular complexity index is 794. The van der Waals surface area contributed by atoms with Crippen molar-refractivity contribution in [2.45, 2.75) is 13.0 Å². The highest BCUT2D eigenvalue weighted by Gasteiger charge is 2.05. The van der Waals surface area contributed by atoms with E-state index in [9.17, 15) is 4.79 Å². The van der Waals surface area contributed by atoms with Crippen LogP contribution < -0.4 is 15.4 Å². The molecule has 0 aliphatic carbocycles. The van der Waals surface area contributed by atoms with Gasteiger partial charge in [-0.05, 0) is 47.2 Å². The molecule has 0 saturated carbocycles. The molecule has 0 aliphatic heterocycles. The third kappa shape index (κ3) is 4.87. The molecule has 25 heavy (non-hydrogen) atoms. The van der Waals surface area contributed by atoms with Gasteiger partial charge in [-0.25, -0.2) is 4.79 Å². The minimum absolute atomic E-state index is 0.160. The lowest BCUT2D eigenvalue weighted by Gasteiger charge is -2.07. The molecule has 2 N–H and O–H groups in total. The quantitative estimate of drug-likeness (QED) is 0.671. The Balaban J connectivity index is 1.39. The molecule has 1 aromatic carbocycles. The first kappa shape index (κ1) is 17.1. The van der Waals surface area contributed by atoms with Crippen LogP contribution >= 0.6 is 11.3 Å². The molecule has 6 heteroatoms. The van der Waals surface area contributed by atoms with Gasteiger partial charge in [-0.1, -0.05) is 12.1 Å². The van der Waals surface area contributed by atoms with Crippen molar-refractivity contribution in [3.63, 3.8) is 0 Å². The number of urea groups is 1. The Kier molecular flexibility index (Phi) is 5.74. The number of methoxy groups -OCH3 is 1. The molecular weight excluding hydrogens is 336 g/mol. The fourth-order valence-corrected chi connectivity index (χ4v) is 3.23. The molecule has 5 nitrogen and oxygen atoms in total. The zero-order valence-electron chi connectivity index (χ0n) is 14.0. The van der Waals surface area contributed by atoms with Gasteiger partial charge in [0.1, 0.15) is 5.75 Å². The summed E-state index contributed by atoms with van der Waals surface area (Å²) in [6.45, 7) is 1.10. The number of rotatable bonds is 7. The second kappa shape index (κ2) is 8.39. The maximum absolute atomic E-state index is 11.9. The lowest BCUT2D eigenvalue weighted by atomic mass is 10.1. The van der Waals surface area contributed by atoms with Gasteiger partial charge in [0.05, 0.1) is 26.2 Å². The van der Waals surface area contributed by atoms with Crippen LogP contribution in [0.2, 0.25) is 0 Å². The molecule has 130 valence electrons. The van der Waals surface area contributed by atoms with E-state index in [0.29, 0.717) is 13.1 Å². The zero-order valence-corrected chi connectivity index (χ0v) is 14.8. The van der Waals surface area contributed by atoms with E-state index in [2.05, 4.69) is 22.1 Å². The molecule has 0 atom stereocenters. The number of carbonyl (C=O) groups is 1. The van der Waals surface area contributed by atoms with Gasteiger partial charge in [0.15, 0.2) is 0 Å². The van der Waals surface area contributed by atoms with Crippen LogP contribution in [0.5, 0.6) is 5.75 Å². The monoisotopic (exact) mass is 356 g/mol. The Hall–Kier alpha value is -2.73. The van der Waals surface area contributed by atoms with Gasteiger partial charge in [-0.3, -0.25) is 0 Å². The minimum Gasteiger partial charge on any atom is -0.497 e. The second-order valence-electron chi connectivity index (χ2n) is 5.52. The van der Waals surface area contributed by atoms with Crippen molar-refractivity contribution in [1.29, 1.82) is 0 Å². The molecular formula is C19H20N2O3S. The largest absolute Gasteiger partial charge is 0.497 e. The molecule has 2 heterocycles. The van der Waals surface area contributed by atoms with E-state index in [0.717, 1.165) is 33.7 Å². The molecule has 0 radical (unpaired) electrons. The summed E-state index contributed by atoms with van der Waals surface area (Å²) < 4.78 is 10.2. The summed E-state index contributed by atoms with van der Waals surface area (Å²) in [5.41, 5.74) is 3.31. The van der Waals surface area contributed by atoms with Gasteiger partial charge in [-0.2, -0.15) is 0 Å². The van der Waals surface area contributed by atoms with Gasteiger partial charge >= 0.3 is 6.03 Å². The first-order valence-corrected chi connectivity index (χ1v) is 8.87. The lowest BCUT2D eigenvalue weighted by molar-refractivity contribution is 0.240. The normalized spacial score (nSPS) is 10.4.